The van der Waals surface area contributed by atoms with Crippen LogP contribution in [0.2, 0.25) is 0 Å². The lowest BCUT2D eigenvalue weighted by molar-refractivity contribution is -0.230. The van der Waals surface area contributed by atoms with Gasteiger partial charge >= 0.3 is 0 Å². The van der Waals surface area contributed by atoms with Gasteiger partial charge in [-0.2, -0.15) is 0 Å². The van der Waals surface area contributed by atoms with E-state index in [1.807, 2.05) is 11.9 Å². The van der Waals surface area contributed by atoms with Crippen LogP contribution in [0.4, 0.5) is 0 Å². The van der Waals surface area contributed by atoms with Crippen LogP contribution in [0.3, 0.4) is 0 Å². The van der Waals surface area contributed by atoms with Crippen molar-refractivity contribution in [2.24, 2.45) is 17.1 Å². The number of halogens is 1. The van der Waals surface area contributed by atoms with Crippen LogP contribution in [-0.4, -0.2) is 55.4 Å². The highest BCUT2D eigenvalue weighted by Gasteiger charge is 2.70. The predicted molar refractivity (Wildman–Crippen MR) is 82.4 cm³/mol. The summed E-state index contributed by atoms with van der Waals surface area (Å²) in [4.78, 5) is 14.8. The molecule has 0 aromatic rings. The quantitative estimate of drug-likeness (QED) is 0.830. The zero-order valence-corrected chi connectivity index (χ0v) is 13.9. The summed E-state index contributed by atoms with van der Waals surface area (Å²) < 4.78 is 11.3. The molecule has 0 aromatic heterocycles. The SMILES string of the molecule is CN(C(=O)C1(N)C2CCCOC2C1(C)C)C1CCOC1.Cl. The van der Waals surface area contributed by atoms with E-state index in [1.54, 1.807) is 0 Å². The molecule has 0 spiro atoms. The third kappa shape index (κ3) is 2.21. The van der Waals surface area contributed by atoms with Crippen molar-refractivity contribution < 1.29 is 14.3 Å². The number of nitrogens with two attached hydrogens (primary N) is 1. The van der Waals surface area contributed by atoms with E-state index < -0.39 is 5.54 Å². The minimum Gasteiger partial charge on any atom is -0.379 e. The molecule has 5 nitrogen and oxygen atoms in total. The molecule has 1 aliphatic carbocycles. The first-order chi connectivity index (χ1) is 9.40. The maximum absolute atomic E-state index is 13.0. The van der Waals surface area contributed by atoms with Gasteiger partial charge in [0.15, 0.2) is 0 Å². The van der Waals surface area contributed by atoms with Crippen molar-refractivity contribution in [2.45, 2.75) is 50.8 Å². The number of fused-ring (bicyclic) bond motifs is 1. The second-order valence-electron chi connectivity index (χ2n) is 7.06. The van der Waals surface area contributed by atoms with Crippen molar-refractivity contribution in [1.29, 1.82) is 0 Å². The summed E-state index contributed by atoms with van der Waals surface area (Å²) in [6.45, 7) is 6.29. The van der Waals surface area contributed by atoms with E-state index in [9.17, 15) is 4.79 Å². The molecule has 4 atom stereocenters. The highest BCUT2D eigenvalue weighted by Crippen LogP contribution is 2.58. The molecule has 1 amide bonds. The van der Waals surface area contributed by atoms with Crippen LogP contribution in [0.15, 0.2) is 0 Å². The van der Waals surface area contributed by atoms with Gasteiger partial charge in [0.25, 0.3) is 0 Å². The molecular weight excluding hydrogens is 292 g/mol. The molecule has 122 valence electrons. The second kappa shape index (κ2) is 5.69. The van der Waals surface area contributed by atoms with E-state index in [0.29, 0.717) is 6.61 Å². The number of ether oxygens (including phenoxy) is 2. The number of hydrogen-bond donors (Lipinski definition) is 1. The van der Waals surface area contributed by atoms with E-state index in [1.165, 1.54) is 0 Å². The molecule has 3 aliphatic rings. The number of carbonyl (C=O) groups excluding carboxylic acids is 1. The van der Waals surface area contributed by atoms with E-state index >= 15 is 0 Å². The van der Waals surface area contributed by atoms with Gasteiger partial charge in [-0.15, -0.1) is 12.4 Å². The van der Waals surface area contributed by atoms with Crippen molar-refractivity contribution in [3.05, 3.63) is 0 Å². The fourth-order valence-corrected chi connectivity index (χ4v) is 4.30. The number of carbonyl (C=O) groups is 1. The van der Waals surface area contributed by atoms with Gasteiger partial charge in [-0.05, 0) is 19.3 Å². The standard InChI is InChI=1S/C15H26N2O3.ClH/c1-14(2)12-11(5-4-7-20-12)15(14,16)13(18)17(3)10-6-8-19-9-10;/h10-12H,4-9,16H2,1-3H3;1H. The number of likely N-dealkylation sites (N-methyl/N-ethyl adjacent to an activating group) is 1. The Balaban J connectivity index is 0.00000161. The third-order valence-electron chi connectivity index (χ3n) is 5.81. The smallest absolute Gasteiger partial charge is 0.243 e. The van der Waals surface area contributed by atoms with Crippen LogP contribution < -0.4 is 5.73 Å². The van der Waals surface area contributed by atoms with E-state index in [-0.39, 0.29) is 41.8 Å². The number of rotatable bonds is 2. The maximum Gasteiger partial charge on any atom is 0.243 e. The Bertz CT molecular complexity index is 412. The summed E-state index contributed by atoms with van der Waals surface area (Å²) in [6, 6.07) is 0.169. The normalized spacial score (nSPS) is 40.7. The summed E-state index contributed by atoms with van der Waals surface area (Å²) in [5.74, 6) is 0.216. The Labute approximate surface area is 132 Å². The van der Waals surface area contributed by atoms with Gasteiger partial charge in [0.2, 0.25) is 5.91 Å². The molecule has 0 bridgehead atoms. The van der Waals surface area contributed by atoms with Gasteiger partial charge in [0.05, 0.1) is 18.8 Å². The maximum atomic E-state index is 13.0. The first kappa shape index (κ1) is 17.0. The first-order valence-electron chi connectivity index (χ1n) is 7.66. The molecule has 1 saturated carbocycles. The average molecular weight is 319 g/mol. The molecule has 0 radical (unpaired) electrons. The minimum absolute atomic E-state index is 0. The Hall–Kier alpha value is -0.360. The molecule has 3 fully saturated rings. The van der Waals surface area contributed by atoms with Crippen LogP contribution in [0.25, 0.3) is 0 Å². The molecule has 2 aliphatic heterocycles. The molecule has 2 N–H and O–H groups in total. The highest BCUT2D eigenvalue weighted by atomic mass is 35.5. The molecular formula is C15H27ClN2O3. The van der Waals surface area contributed by atoms with Gasteiger partial charge in [0, 0.05) is 31.6 Å². The van der Waals surface area contributed by atoms with Crippen LogP contribution >= 0.6 is 12.4 Å². The van der Waals surface area contributed by atoms with Gasteiger partial charge < -0.3 is 20.1 Å². The molecule has 6 heteroatoms. The lowest BCUT2D eigenvalue weighted by atomic mass is 9.46. The molecule has 21 heavy (non-hydrogen) atoms. The number of hydrogen-bond acceptors (Lipinski definition) is 4. The summed E-state index contributed by atoms with van der Waals surface area (Å²) in [5, 5.41) is 0. The summed E-state index contributed by atoms with van der Waals surface area (Å²) in [5.41, 5.74) is 5.54. The van der Waals surface area contributed by atoms with Crippen molar-refractivity contribution in [3.8, 4) is 0 Å². The molecule has 2 saturated heterocycles. The lowest BCUT2D eigenvalue weighted by Crippen LogP contribution is -2.82. The third-order valence-corrected chi connectivity index (χ3v) is 5.81. The van der Waals surface area contributed by atoms with Crippen LogP contribution in [-0.2, 0) is 14.3 Å². The Morgan fingerprint density at radius 2 is 2.00 bits per heavy atom. The average Bonchev–Trinajstić information content (AvgIpc) is 2.99. The fraction of sp³-hybridized carbons (Fsp3) is 0.933. The Kier molecular flexibility index (Phi) is 4.60. The van der Waals surface area contributed by atoms with Crippen molar-refractivity contribution in [1.82, 2.24) is 4.90 Å². The molecule has 3 rings (SSSR count). The Morgan fingerprint density at radius 3 is 2.62 bits per heavy atom. The summed E-state index contributed by atoms with van der Waals surface area (Å²) in [7, 11) is 1.86. The molecule has 0 aromatic carbocycles. The summed E-state index contributed by atoms with van der Waals surface area (Å²) >= 11 is 0. The molecule has 2 heterocycles. The van der Waals surface area contributed by atoms with E-state index in [4.69, 9.17) is 15.2 Å². The minimum atomic E-state index is -0.796. The topological polar surface area (TPSA) is 64.8 Å². The highest BCUT2D eigenvalue weighted by molar-refractivity contribution is 5.89. The van der Waals surface area contributed by atoms with Gasteiger partial charge in [-0.3, -0.25) is 4.79 Å². The Morgan fingerprint density at radius 1 is 1.29 bits per heavy atom. The molecule has 4 unspecified atom stereocenters. The van der Waals surface area contributed by atoms with Gasteiger partial charge in [0.1, 0.15) is 5.54 Å². The van der Waals surface area contributed by atoms with E-state index in [2.05, 4.69) is 13.8 Å². The summed E-state index contributed by atoms with van der Waals surface area (Å²) in [6.07, 6.45) is 3.02. The number of amides is 1. The predicted octanol–water partition coefficient (Wildman–Crippen LogP) is 1.19. The van der Waals surface area contributed by atoms with Crippen LogP contribution in [0.1, 0.15) is 33.1 Å². The fourth-order valence-electron chi connectivity index (χ4n) is 4.30. The van der Waals surface area contributed by atoms with Crippen molar-refractivity contribution >= 4 is 18.3 Å². The van der Waals surface area contributed by atoms with Crippen molar-refractivity contribution in [3.63, 3.8) is 0 Å². The largest absolute Gasteiger partial charge is 0.379 e. The van der Waals surface area contributed by atoms with Gasteiger partial charge in [-0.25, -0.2) is 0 Å². The monoisotopic (exact) mass is 318 g/mol. The second-order valence-corrected chi connectivity index (χ2v) is 7.06. The van der Waals surface area contributed by atoms with Gasteiger partial charge in [-0.1, -0.05) is 13.8 Å². The first-order valence-corrected chi connectivity index (χ1v) is 7.66. The number of nitrogens with zero attached hydrogens (tertiary/aromatic N) is 1. The van der Waals surface area contributed by atoms with Crippen LogP contribution in [0, 0.1) is 11.3 Å². The van der Waals surface area contributed by atoms with E-state index in [0.717, 1.165) is 32.5 Å². The van der Waals surface area contributed by atoms with Crippen LogP contribution in [0.5, 0.6) is 0 Å². The zero-order valence-electron chi connectivity index (χ0n) is 13.1. The van der Waals surface area contributed by atoms with Crippen molar-refractivity contribution in [2.75, 3.05) is 26.9 Å². The lowest BCUT2D eigenvalue weighted by Gasteiger charge is -2.65. The zero-order chi connectivity index (χ0) is 14.5.